The first-order valence-corrected chi connectivity index (χ1v) is 22.4. The van der Waals surface area contributed by atoms with Gasteiger partial charge < -0.3 is 4.57 Å². The lowest BCUT2D eigenvalue weighted by Gasteiger charge is -2.12. The molecule has 0 bridgehead atoms. The highest BCUT2D eigenvalue weighted by molar-refractivity contribution is 6.16. The van der Waals surface area contributed by atoms with Gasteiger partial charge in [0.15, 0.2) is 23.3 Å². The third-order valence-corrected chi connectivity index (χ3v) is 12.3. The van der Waals surface area contributed by atoms with Crippen molar-refractivity contribution in [1.82, 2.24) is 29.5 Å². The van der Waals surface area contributed by atoms with Gasteiger partial charge in [-0.05, 0) is 70.8 Å². The SMILES string of the molecule is c1ccc(-c2ccc3c(c2)c2c(-c4cccc(-c5nc(-c6ccccc6)cc(-c6cccc(-c7nc(-c8ccccc8)nc(-c8ccccc8)n7)c6)n5)c4)cccc2n3-c2ccccc2)cc1. The molecule has 67 heavy (non-hydrogen) atoms. The molecule has 0 spiro atoms. The monoisotopic (exact) mass is 856 g/mol. The molecule has 9 aromatic carbocycles. The summed E-state index contributed by atoms with van der Waals surface area (Å²) >= 11 is 0. The molecule has 6 heteroatoms. The molecule has 12 rings (SSSR count). The molecule has 0 aliphatic carbocycles. The van der Waals surface area contributed by atoms with Crippen LogP contribution in [0.5, 0.6) is 0 Å². The van der Waals surface area contributed by atoms with Crippen LogP contribution in [0.1, 0.15) is 0 Å². The number of nitrogens with zero attached hydrogens (tertiary/aromatic N) is 6. The van der Waals surface area contributed by atoms with Crippen LogP contribution in [-0.2, 0) is 0 Å². The number of aromatic nitrogens is 6. The third kappa shape index (κ3) is 7.62. The minimum absolute atomic E-state index is 0.582. The Morgan fingerprint density at radius 1 is 0.254 bits per heavy atom. The van der Waals surface area contributed by atoms with Gasteiger partial charge in [0.1, 0.15) is 0 Å². The Balaban J connectivity index is 1.00. The zero-order valence-corrected chi connectivity index (χ0v) is 36.3. The van der Waals surface area contributed by atoms with E-state index in [9.17, 15) is 0 Å². The van der Waals surface area contributed by atoms with E-state index in [0.717, 1.165) is 72.6 Å². The Labute approximate surface area is 388 Å². The lowest BCUT2D eigenvalue weighted by atomic mass is 9.96. The van der Waals surface area contributed by atoms with Crippen molar-refractivity contribution in [1.29, 1.82) is 0 Å². The summed E-state index contributed by atoms with van der Waals surface area (Å²) in [6.07, 6.45) is 0. The van der Waals surface area contributed by atoms with Crippen molar-refractivity contribution in [2.45, 2.75) is 0 Å². The lowest BCUT2D eigenvalue weighted by Crippen LogP contribution is -2.00. The van der Waals surface area contributed by atoms with E-state index in [1.54, 1.807) is 0 Å². The molecule has 0 N–H and O–H groups in total. The summed E-state index contributed by atoms with van der Waals surface area (Å²) in [6.45, 7) is 0. The molecule has 0 atom stereocenters. The largest absolute Gasteiger partial charge is 0.309 e. The number of hydrogen-bond donors (Lipinski definition) is 0. The van der Waals surface area contributed by atoms with E-state index >= 15 is 0 Å². The Morgan fingerprint density at radius 2 is 0.701 bits per heavy atom. The first-order chi connectivity index (χ1) is 33.2. The molecule has 3 heterocycles. The van der Waals surface area contributed by atoms with Crippen molar-refractivity contribution >= 4 is 21.8 Å². The van der Waals surface area contributed by atoms with Crippen molar-refractivity contribution in [2.75, 3.05) is 0 Å². The molecule has 0 unspecified atom stereocenters. The van der Waals surface area contributed by atoms with Crippen LogP contribution in [0.25, 0.3) is 118 Å². The summed E-state index contributed by atoms with van der Waals surface area (Å²) in [5.74, 6) is 2.44. The molecule has 3 aromatic heterocycles. The second kappa shape index (κ2) is 17.1. The molecule has 12 aromatic rings. The Hall–Kier alpha value is -9.13. The topological polar surface area (TPSA) is 69.4 Å². The highest BCUT2D eigenvalue weighted by atomic mass is 15.0. The smallest absolute Gasteiger partial charge is 0.164 e. The van der Waals surface area contributed by atoms with Crippen molar-refractivity contribution in [2.24, 2.45) is 0 Å². The highest BCUT2D eigenvalue weighted by Gasteiger charge is 2.19. The maximum atomic E-state index is 5.33. The molecule has 0 radical (unpaired) electrons. The van der Waals surface area contributed by atoms with Crippen LogP contribution in [-0.4, -0.2) is 29.5 Å². The maximum absolute atomic E-state index is 5.33. The number of rotatable bonds is 9. The van der Waals surface area contributed by atoms with Gasteiger partial charge in [-0.15, -0.1) is 0 Å². The van der Waals surface area contributed by atoms with E-state index < -0.39 is 0 Å². The van der Waals surface area contributed by atoms with Crippen LogP contribution in [0.15, 0.2) is 243 Å². The molecule has 0 aliphatic rings. The van der Waals surface area contributed by atoms with Gasteiger partial charge in [0.25, 0.3) is 0 Å². The maximum Gasteiger partial charge on any atom is 0.164 e. The molecule has 314 valence electrons. The van der Waals surface area contributed by atoms with Gasteiger partial charge in [-0.2, -0.15) is 0 Å². The number of fused-ring (bicyclic) bond motifs is 3. The van der Waals surface area contributed by atoms with E-state index in [4.69, 9.17) is 24.9 Å². The van der Waals surface area contributed by atoms with Gasteiger partial charge >= 0.3 is 0 Å². The minimum atomic E-state index is 0.582. The van der Waals surface area contributed by atoms with Gasteiger partial charge in [-0.1, -0.05) is 194 Å². The summed E-state index contributed by atoms with van der Waals surface area (Å²) in [5.41, 5.74) is 15.2. The van der Waals surface area contributed by atoms with E-state index in [2.05, 4.69) is 156 Å². The van der Waals surface area contributed by atoms with Crippen LogP contribution in [0, 0.1) is 0 Å². The average molecular weight is 857 g/mol. The number of para-hydroxylation sites is 1. The fourth-order valence-electron chi connectivity index (χ4n) is 9.04. The Bertz CT molecular complexity index is 3660. The van der Waals surface area contributed by atoms with Crippen LogP contribution in [0.2, 0.25) is 0 Å². The second-order valence-electron chi connectivity index (χ2n) is 16.5. The Kier molecular flexibility index (Phi) is 10.1. The van der Waals surface area contributed by atoms with Gasteiger partial charge in [0.05, 0.1) is 22.4 Å². The first kappa shape index (κ1) is 39.5. The predicted molar refractivity (Wildman–Crippen MR) is 273 cm³/mol. The number of hydrogen-bond acceptors (Lipinski definition) is 5. The van der Waals surface area contributed by atoms with Crippen molar-refractivity contribution in [3.8, 4) is 96.0 Å². The van der Waals surface area contributed by atoms with Crippen LogP contribution >= 0.6 is 0 Å². The minimum Gasteiger partial charge on any atom is -0.309 e. The van der Waals surface area contributed by atoms with Gasteiger partial charge in [-0.25, -0.2) is 24.9 Å². The Morgan fingerprint density at radius 3 is 1.31 bits per heavy atom. The summed E-state index contributed by atoms with van der Waals surface area (Å²) in [7, 11) is 0. The van der Waals surface area contributed by atoms with Crippen molar-refractivity contribution < 1.29 is 0 Å². The highest BCUT2D eigenvalue weighted by Crippen LogP contribution is 2.41. The predicted octanol–water partition coefficient (Wildman–Crippen LogP) is 15.1. The molecule has 0 fully saturated rings. The zero-order valence-electron chi connectivity index (χ0n) is 36.3. The van der Waals surface area contributed by atoms with Gasteiger partial charge in [0.2, 0.25) is 0 Å². The third-order valence-electron chi connectivity index (χ3n) is 12.3. The first-order valence-electron chi connectivity index (χ1n) is 22.4. The number of benzene rings is 9. The van der Waals surface area contributed by atoms with Gasteiger partial charge in [-0.3, -0.25) is 0 Å². The quantitative estimate of drug-likeness (QED) is 0.145. The second-order valence-corrected chi connectivity index (χ2v) is 16.5. The molecule has 0 saturated carbocycles. The molecular weight excluding hydrogens is 817 g/mol. The summed E-state index contributed by atoms with van der Waals surface area (Å²) in [6, 6.07) is 84.1. The molecule has 0 saturated heterocycles. The van der Waals surface area contributed by atoms with E-state index in [1.807, 2.05) is 91.0 Å². The molecule has 0 amide bonds. The van der Waals surface area contributed by atoms with Crippen molar-refractivity contribution in [3.05, 3.63) is 243 Å². The van der Waals surface area contributed by atoms with E-state index in [1.165, 1.54) is 21.9 Å². The average Bonchev–Trinajstić information content (AvgIpc) is 3.76. The van der Waals surface area contributed by atoms with E-state index in [0.29, 0.717) is 23.3 Å². The van der Waals surface area contributed by atoms with Crippen molar-refractivity contribution in [3.63, 3.8) is 0 Å². The summed E-state index contributed by atoms with van der Waals surface area (Å²) < 4.78 is 2.38. The van der Waals surface area contributed by atoms with Crippen LogP contribution < -0.4 is 0 Å². The summed E-state index contributed by atoms with van der Waals surface area (Å²) in [5, 5.41) is 2.38. The summed E-state index contributed by atoms with van der Waals surface area (Å²) in [4.78, 5) is 25.6. The fourth-order valence-corrected chi connectivity index (χ4v) is 9.04. The zero-order chi connectivity index (χ0) is 44.5. The van der Waals surface area contributed by atoms with Crippen LogP contribution in [0.3, 0.4) is 0 Å². The molecular formula is C61H40N6. The molecule has 0 aliphatic heterocycles. The van der Waals surface area contributed by atoms with Gasteiger partial charge in [0, 0.05) is 49.8 Å². The van der Waals surface area contributed by atoms with E-state index in [-0.39, 0.29) is 0 Å². The van der Waals surface area contributed by atoms with Crippen LogP contribution in [0.4, 0.5) is 0 Å². The normalized spacial score (nSPS) is 11.3. The fraction of sp³-hybridized carbons (Fsp3) is 0. The lowest BCUT2D eigenvalue weighted by molar-refractivity contribution is 1.07. The standard InChI is InChI=1S/C61H40N6/c1-6-19-41(20-7-1)45-35-36-55-52(39-45)57-51(33-18-34-56(57)67(55)50-31-14-5-15-32-50)46-27-16-29-48(37-46)60-62-53(42-21-8-2-9-22-42)40-54(63-60)47-28-17-30-49(38-47)61-65-58(43-23-10-3-11-24-43)64-59(66-61)44-25-12-4-13-26-44/h1-40H. The molecule has 6 nitrogen and oxygen atoms in total.